The molecule has 0 saturated heterocycles. The molecule has 21 heavy (non-hydrogen) atoms. The fourth-order valence-electron chi connectivity index (χ4n) is 1.54. The molecule has 0 unspecified atom stereocenters. The second-order valence-electron chi connectivity index (χ2n) is 4.39. The summed E-state index contributed by atoms with van der Waals surface area (Å²) in [5.41, 5.74) is 3.00. The number of furan rings is 1. The zero-order valence-electron chi connectivity index (χ0n) is 11.7. The Labute approximate surface area is 127 Å². The molecule has 0 aliphatic heterocycles. The van der Waals surface area contributed by atoms with Gasteiger partial charge >= 0.3 is 0 Å². The number of nitrogens with one attached hydrogen (secondary N) is 1. The Balaban J connectivity index is 1.83. The molecule has 0 bridgehead atoms. The molecule has 0 fully saturated rings. The van der Waals surface area contributed by atoms with Crippen molar-refractivity contribution in [1.82, 2.24) is 5.43 Å². The average molecular weight is 307 g/mol. The lowest BCUT2D eigenvalue weighted by Crippen LogP contribution is -2.25. The van der Waals surface area contributed by atoms with Crippen LogP contribution in [-0.4, -0.2) is 18.2 Å². The molecule has 0 atom stereocenters. The SMILES string of the molecule is C/C(=N/NC(=O)COc1ccc(Cl)cc1)c1ccc(C)o1. The lowest BCUT2D eigenvalue weighted by atomic mass is 10.3. The summed E-state index contributed by atoms with van der Waals surface area (Å²) in [5.74, 6) is 1.62. The maximum Gasteiger partial charge on any atom is 0.277 e. The molecular formula is C15H15ClN2O3. The van der Waals surface area contributed by atoms with E-state index in [4.69, 9.17) is 20.8 Å². The Morgan fingerprint density at radius 3 is 2.62 bits per heavy atom. The van der Waals surface area contributed by atoms with E-state index in [1.807, 2.05) is 13.0 Å². The van der Waals surface area contributed by atoms with Gasteiger partial charge in [0.05, 0.1) is 0 Å². The van der Waals surface area contributed by atoms with Crippen molar-refractivity contribution in [2.45, 2.75) is 13.8 Å². The van der Waals surface area contributed by atoms with E-state index in [1.165, 1.54) is 0 Å². The standard InChI is InChI=1S/C15H15ClN2O3/c1-10-3-8-14(21-10)11(2)17-18-15(19)9-20-13-6-4-12(16)5-7-13/h3-8H,9H2,1-2H3,(H,18,19)/b17-11-. The maximum atomic E-state index is 11.6. The molecule has 1 heterocycles. The Bertz CT molecular complexity index is 647. The fraction of sp³-hybridized carbons (Fsp3) is 0.200. The zero-order chi connectivity index (χ0) is 15.2. The summed E-state index contributed by atoms with van der Waals surface area (Å²) in [6, 6.07) is 10.4. The minimum atomic E-state index is -0.354. The molecule has 0 saturated carbocycles. The number of hydrogen-bond donors (Lipinski definition) is 1. The van der Waals surface area contributed by atoms with Crippen LogP contribution < -0.4 is 10.2 Å². The van der Waals surface area contributed by atoms with Gasteiger partial charge in [-0.15, -0.1) is 0 Å². The van der Waals surface area contributed by atoms with Gasteiger partial charge in [-0.05, 0) is 50.2 Å². The van der Waals surface area contributed by atoms with Crippen molar-refractivity contribution in [3.05, 3.63) is 52.9 Å². The van der Waals surface area contributed by atoms with Gasteiger partial charge in [0.2, 0.25) is 0 Å². The quantitative estimate of drug-likeness (QED) is 0.681. The summed E-state index contributed by atoms with van der Waals surface area (Å²) < 4.78 is 10.7. The predicted molar refractivity (Wildman–Crippen MR) is 80.7 cm³/mol. The van der Waals surface area contributed by atoms with Crippen molar-refractivity contribution >= 4 is 23.2 Å². The topological polar surface area (TPSA) is 63.8 Å². The van der Waals surface area contributed by atoms with Crippen LogP contribution in [0.25, 0.3) is 0 Å². The molecule has 5 nitrogen and oxygen atoms in total. The van der Waals surface area contributed by atoms with E-state index in [2.05, 4.69) is 10.5 Å². The predicted octanol–water partition coefficient (Wildman–Crippen LogP) is 3.16. The number of hydrazone groups is 1. The third-order valence-corrected chi connectivity index (χ3v) is 2.88. The Kier molecular flexibility index (Phi) is 5.00. The van der Waals surface area contributed by atoms with Gasteiger partial charge in [0, 0.05) is 5.02 Å². The van der Waals surface area contributed by atoms with Gasteiger partial charge in [-0.25, -0.2) is 5.43 Å². The summed E-state index contributed by atoms with van der Waals surface area (Å²) in [6.45, 7) is 3.46. The zero-order valence-corrected chi connectivity index (χ0v) is 12.5. The fourth-order valence-corrected chi connectivity index (χ4v) is 1.67. The van der Waals surface area contributed by atoms with Gasteiger partial charge in [0.15, 0.2) is 6.61 Å². The van der Waals surface area contributed by atoms with Crippen LogP contribution in [0.4, 0.5) is 0 Å². The second kappa shape index (κ2) is 6.95. The van der Waals surface area contributed by atoms with Gasteiger partial charge in [0.25, 0.3) is 5.91 Å². The molecule has 2 aromatic rings. The van der Waals surface area contributed by atoms with E-state index >= 15 is 0 Å². The van der Waals surface area contributed by atoms with Crippen molar-refractivity contribution in [2.24, 2.45) is 5.10 Å². The summed E-state index contributed by atoms with van der Waals surface area (Å²) >= 11 is 5.76. The minimum Gasteiger partial charge on any atom is -0.484 e. The van der Waals surface area contributed by atoms with Gasteiger partial charge in [-0.2, -0.15) is 5.10 Å². The van der Waals surface area contributed by atoms with E-state index in [-0.39, 0.29) is 12.5 Å². The van der Waals surface area contributed by atoms with Crippen molar-refractivity contribution in [3.8, 4) is 5.75 Å². The number of carbonyl (C=O) groups is 1. The first-order valence-electron chi connectivity index (χ1n) is 6.33. The highest BCUT2D eigenvalue weighted by atomic mass is 35.5. The Hall–Kier alpha value is -2.27. The summed E-state index contributed by atoms with van der Waals surface area (Å²) in [6.07, 6.45) is 0. The van der Waals surface area contributed by atoms with Gasteiger partial charge in [0.1, 0.15) is 23.0 Å². The Morgan fingerprint density at radius 2 is 2.00 bits per heavy atom. The average Bonchev–Trinajstić information content (AvgIpc) is 2.91. The summed E-state index contributed by atoms with van der Waals surface area (Å²) in [4.78, 5) is 11.6. The van der Waals surface area contributed by atoms with Crippen LogP contribution in [0.3, 0.4) is 0 Å². The number of nitrogens with zero attached hydrogens (tertiary/aromatic N) is 1. The highest BCUT2D eigenvalue weighted by Gasteiger charge is 2.05. The first-order chi connectivity index (χ1) is 10.0. The van der Waals surface area contributed by atoms with Gasteiger partial charge in [-0.1, -0.05) is 11.6 Å². The van der Waals surface area contributed by atoms with Crippen molar-refractivity contribution in [3.63, 3.8) is 0 Å². The molecule has 2 rings (SSSR count). The van der Waals surface area contributed by atoms with Crippen LogP contribution in [0.15, 0.2) is 45.9 Å². The number of ether oxygens (including phenoxy) is 1. The molecule has 1 N–H and O–H groups in total. The van der Waals surface area contributed by atoms with E-state index in [1.54, 1.807) is 37.3 Å². The molecule has 0 aliphatic carbocycles. The van der Waals surface area contributed by atoms with E-state index in [0.29, 0.717) is 22.2 Å². The van der Waals surface area contributed by atoms with Crippen LogP contribution in [0.5, 0.6) is 5.75 Å². The number of amides is 1. The van der Waals surface area contributed by atoms with E-state index in [9.17, 15) is 4.79 Å². The molecular weight excluding hydrogens is 292 g/mol. The smallest absolute Gasteiger partial charge is 0.277 e. The number of benzene rings is 1. The van der Waals surface area contributed by atoms with Crippen molar-refractivity contribution in [2.75, 3.05) is 6.61 Å². The van der Waals surface area contributed by atoms with Gasteiger partial charge < -0.3 is 9.15 Å². The maximum absolute atomic E-state index is 11.6. The highest BCUT2D eigenvalue weighted by Crippen LogP contribution is 2.15. The molecule has 1 aromatic carbocycles. The number of rotatable bonds is 5. The van der Waals surface area contributed by atoms with Crippen LogP contribution >= 0.6 is 11.6 Å². The largest absolute Gasteiger partial charge is 0.484 e. The van der Waals surface area contributed by atoms with Crippen molar-refractivity contribution in [1.29, 1.82) is 0 Å². The number of hydrogen-bond acceptors (Lipinski definition) is 4. The molecule has 0 aliphatic rings. The normalized spacial score (nSPS) is 11.3. The van der Waals surface area contributed by atoms with Gasteiger partial charge in [-0.3, -0.25) is 4.79 Å². The summed E-state index contributed by atoms with van der Waals surface area (Å²) in [5, 5.41) is 4.57. The number of aryl methyl sites for hydroxylation is 1. The summed E-state index contributed by atoms with van der Waals surface area (Å²) in [7, 11) is 0. The lowest BCUT2D eigenvalue weighted by molar-refractivity contribution is -0.123. The first-order valence-corrected chi connectivity index (χ1v) is 6.70. The lowest BCUT2D eigenvalue weighted by Gasteiger charge is -2.05. The molecule has 110 valence electrons. The third kappa shape index (κ3) is 4.65. The van der Waals surface area contributed by atoms with E-state index in [0.717, 1.165) is 5.76 Å². The van der Waals surface area contributed by atoms with Crippen LogP contribution in [-0.2, 0) is 4.79 Å². The monoisotopic (exact) mass is 306 g/mol. The van der Waals surface area contributed by atoms with Crippen LogP contribution in [0.1, 0.15) is 18.4 Å². The van der Waals surface area contributed by atoms with Crippen molar-refractivity contribution < 1.29 is 13.9 Å². The molecule has 1 amide bonds. The molecule has 0 spiro atoms. The van der Waals surface area contributed by atoms with Crippen LogP contribution in [0.2, 0.25) is 5.02 Å². The highest BCUT2D eigenvalue weighted by molar-refractivity contribution is 6.30. The second-order valence-corrected chi connectivity index (χ2v) is 4.82. The third-order valence-electron chi connectivity index (χ3n) is 2.63. The Morgan fingerprint density at radius 1 is 1.29 bits per heavy atom. The molecule has 6 heteroatoms. The number of carbonyl (C=O) groups excluding carboxylic acids is 1. The molecule has 1 aromatic heterocycles. The van der Waals surface area contributed by atoms with E-state index < -0.39 is 0 Å². The molecule has 0 radical (unpaired) electrons. The number of halogens is 1. The van der Waals surface area contributed by atoms with Crippen LogP contribution in [0, 0.1) is 6.92 Å². The minimum absolute atomic E-state index is 0.129. The first kappa shape index (κ1) is 15.1.